The van der Waals surface area contributed by atoms with Crippen LogP contribution in [0.1, 0.15) is 20.3 Å². The molecule has 0 unspecified atom stereocenters. The second kappa shape index (κ2) is 14.5. The summed E-state index contributed by atoms with van der Waals surface area (Å²) in [5, 5.41) is 11.6. The van der Waals surface area contributed by atoms with E-state index in [1.54, 1.807) is 0 Å². The number of thiophene rings is 1. The molecule has 5 nitrogen and oxygen atoms in total. The molecular formula is C56H38N4OS. The van der Waals surface area contributed by atoms with E-state index in [1.165, 1.54) is 48.3 Å². The van der Waals surface area contributed by atoms with E-state index in [4.69, 9.17) is 19.4 Å². The molecule has 6 heteroatoms. The average molecular weight is 815 g/mol. The SMILES string of the molecule is CCC.c1ccc2cc(-c3nc(-c4ccc5c(c4)oc4ccccc45)nc(-n4c5ccc6ccccc6c5c5cccc(-c6cccc7c6sc6ccccc67)c54)n3)ccc2c1. The molecule has 0 saturated heterocycles. The van der Waals surface area contributed by atoms with Gasteiger partial charge < -0.3 is 4.42 Å². The van der Waals surface area contributed by atoms with Gasteiger partial charge in [0.25, 0.3) is 0 Å². The molecule has 0 aliphatic carbocycles. The first-order chi connectivity index (χ1) is 30.6. The van der Waals surface area contributed by atoms with Crippen LogP contribution in [-0.2, 0) is 0 Å². The lowest BCUT2D eigenvalue weighted by atomic mass is 9.98. The summed E-state index contributed by atoms with van der Waals surface area (Å²) in [6, 6.07) is 64.4. The molecular weight excluding hydrogens is 777 g/mol. The van der Waals surface area contributed by atoms with Crippen molar-refractivity contribution in [3.63, 3.8) is 0 Å². The van der Waals surface area contributed by atoms with E-state index in [2.05, 4.69) is 182 Å². The monoisotopic (exact) mass is 814 g/mol. The highest BCUT2D eigenvalue weighted by Gasteiger charge is 2.23. The fraction of sp³-hybridized carbons (Fsp3) is 0.0536. The van der Waals surface area contributed by atoms with Gasteiger partial charge in [-0.2, -0.15) is 9.97 Å². The molecule has 0 atom stereocenters. The highest BCUT2D eigenvalue weighted by molar-refractivity contribution is 7.26. The molecule has 4 aromatic heterocycles. The van der Waals surface area contributed by atoms with Gasteiger partial charge in [0.2, 0.25) is 5.95 Å². The number of fused-ring (bicyclic) bond motifs is 12. The number of hydrogen-bond donors (Lipinski definition) is 0. The second-order valence-electron chi connectivity index (χ2n) is 15.9. The van der Waals surface area contributed by atoms with Crippen molar-refractivity contribution in [1.29, 1.82) is 0 Å². The molecule has 13 rings (SSSR count). The van der Waals surface area contributed by atoms with Gasteiger partial charge in [0.15, 0.2) is 11.6 Å². The van der Waals surface area contributed by atoms with Crippen LogP contribution in [0.2, 0.25) is 0 Å². The highest BCUT2D eigenvalue weighted by Crippen LogP contribution is 2.45. The number of hydrogen-bond acceptors (Lipinski definition) is 5. The Hall–Kier alpha value is -7.67. The third kappa shape index (κ3) is 5.71. The summed E-state index contributed by atoms with van der Waals surface area (Å²) < 4.78 is 11.2. The Labute approximate surface area is 361 Å². The van der Waals surface area contributed by atoms with E-state index in [1.807, 2.05) is 29.5 Å². The molecule has 0 bridgehead atoms. The standard InChI is InChI=1S/C53H30N4OS.C3H8/c1-2-13-33-29-34(24-23-31(33)11-1)51-54-52(35-25-27-38-37-15-5-7-21-45(37)58-46(38)30-35)56-53(55-51)57-44-28-26-32-12-3-4-14-36(32)48(44)43-20-9-17-40(49(43)57)42-19-10-18-41-39-16-6-8-22-47(39)59-50(41)42;1-3-2/h1-30H;3H2,1-2H3. The summed E-state index contributed by atoms with van der Waals surface area (Å²) in [5.41, 5.74) is 7.80. The number of benzene rings is 9. The molecule has 0 amide bonds. The molecule has 0 saturated carbocycles. The molecule has 13 aromatic rings. The smallest absolute Gasteiger partial charge is 0.238 e. The predicted molar refractivity (Wildman–Crippen MR) is 262 cm³/mol. The molecule has 0 N–H and O–H groups in total. The van der Waals surface area contributed by atoms with E-state index in [9.17, 15) is 0 Å². The zero-order valence-corrected chi connectivity index (χ0v) is 34.9. The lowest BCUT2D eigenvalue weighted by molar-refractivity contribution is 0.669. The minimum Gasteiger partial charge on any atom is -0.456 e. The van der Waals surface area contributed by atoms with Crippen LogP contribution in [0.25, 0.3) is 125 Å². The molecule has 0 radical (unpaired) electrons. The van der Waals surface area contributed by atoms with Gasteiger partial charge in [-0.25, -0.2) is 4.98 Å². The topological polar surface area (TPSA) is 56.7 Å². The van der Waals surface area contributed by atoms with Gasteiger partial charge in [-0.1, -0.05) is 166 Å². The van der Waals surface area contributed by atoms with Gasteiger partial charge in [0.1, 0.15) is 11.2 Å². The maximum atomic E-state index is 6.38. The van der Waals surface area contributed by atoms with Crippen molar-refractivity contribution in [3.05, 3.63) is 182 Å². The van der Waals surface area contributed by atoms with E-state index in [-0.39, 0.29) is 0 Å². The van der Waals surface area contributed by atoms with Crippen LogP contribution in [-0.4, -0.2) is 19.5 Å². The van der Waals surface area contributed by atoms with Crippen LogP contribution in [0.3, 0.4) is 0 Å². The van der Waals surface area contributed by atoms with E-state index in [0.717, 1.165) is 65.8 Å². The first-order valence-corrected chi connectivity index (χ1v) is 22.0. The lowest BCUT2D eigenvalue weighted by Gasteiger charge is -2.13. The lowest BCUT2D eigenvalue weighted by Crippen LogP contribution is -2.07. The Morgan fingerprint density at radius 3 is 1.92 bits per heavy atom. The minimum absolute atomic E-state index is 0.550. The average Bonchev–Trinajstić information content (AvgIpc) is 4.01. The van der Waals surface area contributed by atoms with Crippen molar-refractivity contribution in [2.75, 3.05) is 0 Å². The zero-order chi connectivity index (χ0) is 41.3. The van der Waals surface area contributed by atoms with Gasteiger partial charge in [0, 0.05) is 64.0 Å². The van der Waals surface area contributed by atoms with Crippen molar-refractivity contribution in [2.45, 2.75) is 20.3 Å². The molecule has 4 heterocycles. The van der Waals surface area contributed by atoms with Crippen molar-refractivity contribution >= 4 is 96.8 Å². The first-order valence-electron chi connectivity index (χ1n) is 21.2. The normalized spacial score (nSPS) is 11.8. The van der Waals surface area contributed by atoms with Crippen LogP contribution in [0.15, 0.2) is 186 Å². The van der Waals surface area contributed by atoms with Crippen molar-refractivity contribution in [3.8, 4) is 39.9 Å². The third-order valence-corrected chi connectivity index (χ3v) is 13.1. The quantitative estimate of drug-likeness (QED) is 0.178. The largest absolute Gasteiger partial charge is 0.456 e. The first kappa shape index (κ1) is 36.2. The molecule has 294 valence electrons. The molecule has 0 fully saturated rings. The van der Waals surface area contributed by atoms with Crippen LogP contribution in [0.4, 0.5) is 0 Å². The summed E-state index contributed by atoms with van der Waals surface area (Å²) in [7, 11) is 0. The number of furan rings is 1. The summed E-state index contributed by atoms with van der Waals surface area (Å²) in [6.45, 7) is 4.25. The molecule has 9 aromatic carbocycles. The van der Waals surface area contributed by atoms with E-state index >= 15 is 0 Å². The second-order valence-corrected chi connectivity index (χ2v) is 16.9. The summed E-state index contributed by atoms with van der Waals surface area (Å²) in [6.07, 6.45) is 1.25. The predicted octanol–water partition coefficient (Wildman–Crippen LogP) is 16.0. The number of para-hydroxylation sites is 2. The van der Waals surface area contributed by atoms with Crippen molar-refractivity contribution in [2.24, 2.45) is 0 Å². The Morgan fingerprint density at radius 2 is 1.08 bits per heavy atom. The summed E-state index contributed by atoms with van der Waals surface area (Å²) >= 11 is 1.85. The zero-order valence-electron chi connectivity index (χ0n) is 34.1. The van der Waals surface area contributed by atoms with E-state index in [0.29, 0.717) is 17.6 Å². The Balaban J connectivity index is 0.00000133. The minimum atomic E-state index is 0.550. The highest BCUT2D eigenvalue weighted by atomic mass is 32.1. The van der Waals surface area contributed by atoms with Gasteiger partial charge in [-0.15, -0.1) is 11.3 Å². The van der Waals surface area contributed by atoms with Gasteiger partial charge in [0.05, 0.1) is 11.0 Å². The van der Waals surface area contributed by atoms with Crippen molar-refractivity contribution in [1.82, 2.24) is 19.5 Å². The molecule has 0 aliphatic heterocycles. The van der Waals surface area contributed by atoms with Gasteiger partial charge in [-0.3, -0.25) is 4.57 Å². The summed E-state index contributed by atoms with van der Waals surface area (Å²) in [4.78, 5) is 16.0. The van der Waals surface area contributed by atoms with Crippen LogP contribution in [0, 0.1) is 0 Å². The fourth-order valence-corrected chi connectivity index (χ4v) is 10.4. The third-order valence-electron chi connectivity index (χ3n) is 11.8. The van der Waals surface area contributed by atoms with Crippen LogP contribution >= 0.6 is 11.3 Å². The van der Waals surface area contributed by atoms with Crippen LogP contribution in [0.5, 0.6) is 0 Å². The Kier molecular flexibility index (Phi) is 8.47. The fourth-order valence-electron chi connectivity index (χ4n) is 9.14. The van der Waals surface area contributed by atoms with Gasteiger partial charge in [-0.05, 0) is 57.9 Å². The number of rotatable bonds is 4. The number of nitrogens with zero attached hydrogens (tertiary/aromatic N) is 4. The maximum absolute atomic E-state index is 6.38. The van der Waals surface area contributed by atoms with Crippen molar-refractivity contribution < 1.29 is 4.42 Å². The Morgan fingerprint density at radius 1 is 0.468 bits per heavy atom. The molecule has 0 aliphatic rings. The molecule has 0 spiro atoms. The number of aromatic nitrogens is 4. The maximum Gasteiger partial charge on any atom is 0.238 e. The van der Waals surface area contributed by atoms with Crippen LogP contribution < -0.4 is 0 Å². The Bertz CT molecular complexity index is 3890. The molecule has 62 heavy (non-hydrogen) atoms. The van der Waals surface area contributed by atoms with E-state index < -0.39 is 0 Å². The summed E-state index contributed by atoms with van der Waals surface area (Å²) in [5.74, 6) is 1.72. The van der Waals surface area contributed by atoms with Gasteiger partial charge >= 0.3 is 0 Å².